The molecule has 148 valence electrons. The molecule has 1 aliphatic heterocycles. The SMILES string of the molecule is COc1ccccc1-c1nnc2c3ccccc3nc(N3C[C@H](C)O[C@@H](C)C3)n12. The van der Waals surface area contributed by atoms with Gasteiger partial charge in [0, 0.05) is 18.5 Å². The third-order valence-electron chi connectivity index (χ3n) is 5.28. The van der Waals surface area contributed by atoms with Crippen LogP contribution in [0.4, 0.5) is 5.95 Å². The number of para-hydroxylation sites is 2. The zero-order valence-electron chi connectivity index (χ0n) is 16.7. The average molecular weight is 389 g/mol. The molecule has 0 bridgehead atoms. The Kier molecular flexibility index (Phi) is 4.32. The van der Waals surface area contributed by atoms with Gasteiger partial charge in [-0.05, 0) is 38.1 Å². The van der Waals surface area contributed by atoms with Gasteiger partial charge in [0.15, 0.2) is 11.5 Å². The fourth-order valence-electron chi connectivity index (χ4n) is 4.12. The fourth-order valence-corrected chi connectivity index (χ4v) is 4.12. The van der Waals surface area contributed by atoms with Gasteiger partial charge < -0.3 is 14.4 Å². The molecule has 1 fully saturated rings. The van der Waals surface area contributed by atoms with Crippen molar-refractivity contribution in [3.05, 3.63) is 48.5 Å². The Morgan fingerprint density at radius 1 is 0.966 bits per heavy atom. The van der Waals surface area contributed by atoms with Gasteiger partial charge in [-0.2, -0.15) is 0 Å². The standard InChI is InChI=1S/C22H23N5O2/c1-14-12-26(13-15(2)29-14)22-23-18-10-6-4-8-16(18)20-24-25-21(27(20)22)17-9-5-7-11-19(17)28-3/h4-11,14-15H,12-13H2,1-3H3/t14-,15-/m0/s1. The molecule has 0 spiro atoms. The first-order valence-electron chi connectivity index (χ1n) is 9.83. The third kappa shape index (κ3) is 2.98. The maximum Gasteiger partial charge on any atom is 0.213 e. The summed E-state index contributed by atoms with van der Waals surface area (Å²) >= 11 is 0. The molecule has 1 aliphatic rings. The molecule has 0 unspecified atom stereocenters. The van der Waals surface area contributed by atoms with E-state index in [9.17, 15) is 0 Å². The number of nitrogens with zero attached hydrogens (tertiary/aromatic N) is 5. The second-order valence-corrected chi connectivity index (χ2v) is 7.47. The van der Waals surface area contributed by atoms with Crippen molar-refractivity contribution in [2.24, 2.45) is 0 Å². The Morgan fingerprint density at radius 2 is 1.69 bits per heavy atom. The number of hydrogen-bond donors (Lipinski definition) is 0. The highest BCUT2D eigenvalue weighted by atomic mass is 16.5. The summed E-state index contributed by atoms with van der Waals surface area (Å²) in [7, 11) is 1.67. The van der Waals surface area contributed by atoms with Crippen LogP contribution in [-0.4, -0.2) is 52.0 Å². The van der Waals surface area contributed by atoms with Crippen LogP contribution in [0.15, 0.2) is 48.5 Å². The molecule has 29 heavy (non-hydrogen) atoms. The number of ether oxygens (including phenoxy) is 2. The van der Waals surface area contributed by atoms with Crippen LogP contribution in [0.5, 0.6) is 5.75 Å². The Balaban J connectivity index is 1.81. The molecule has 2 aromatic carbocycles. The molecule has 2 aromatic heterocycles. The van der Waals surface area contributed by atoms with E-state index < -0.39 is 0 Å². The average Bonchev–Trinajstić information content (AvgIpc) is 3.17. The number of fused-ring (bicyclic) bond motifs is 3. The summed E-state index contributed by atoms with van der Waals surface area (Å²) in [5, 5.41) is 10.1. The van der Waals surface area contributed by atoms with Crippen LogP contribution in [0.25, 0.3) is 27.9 Å². The van der Waals surface area contributed by atoms with E-state index in [-0.39, 0.29) is 12.2 Å². The highest BCUT2D eigenvalue weighted by Gasteiger charge is 2.27. The summed E-state index contributed by atoms with van der Waals surface area (Å²) in [5.41, 5.74) is 2.58. The van der Waals surface area contributed by atoms with Crippen LogP contribution in [0.2, 0.25) is 0 Å². The Hall–Kier alpha value is -3.19. The van der Waals surface area contributed by atoms with Crippen molar-refractivity contribution in [1.82, 2.24) is 19.6 Å². The van der Waals surface area contributed by atoms with Crippen LogP contribution < -0.4 is 9.64 Å². The van der Waals surface area contributed by atoms with Crippen LogP contribution in [0, 0.1) is 0 Å². The molecule has 0 saturated carbocycles. The molecule has 0 N–H and O–H groups in total. The lowest BCUT2D eigenvalue weighted by Crippen LogP contribution is -2.46. The molecule has 0 radical (unpaired) electrons. The third-order valence-corrected chi connectivity index (χ3v) is 5.28. The van der Waals surface area contributed by atoms with Crippen LogP contribution >= 0.6 is 0 Å². The quantitative estimate of drug-likeness (QED) is 0.534. The van der Waals surface area contributed by atoms with Gasteiger partial charge in [0.1, 0.15) is 5.75 Å². The van der Waals surface area contributed by atoms with Gasteiger partial charge in [0.2, 0.25) is 5.95 Å². The molecular formula is C22H23N5O2. The minimum atomic E-state index is 0.119. The van der Waals surface area contributed by atoms with Gasteiger partial charge in [-0.1, -0.05) is 24.3 Å². The van der Waals surface area contributed by atoms with Gasteiger partial charge in [-0.15, -0.1) is 10.2 Å². The van der Waals surface area contributed by atoms with Crippen molar-refractivity contribution in [2.45, 2.75) is 26.1 Å². The van der Waals surface area contributed by atoms with Crippen molar-refractivity contribution in [3.8, 4) is 17.1 Å². The van der Waals surface area contributed by atoms with Gasteiger partial charge >= 0.3 is 0 Å². The lowest BCUT2D eigenvalue weighted by Gasteiger charge is -2.36. The highest BCUT2D eigenvalue weighted by molar-refractivity contribution is 5.93. The number of benzene rings is 2. The predicted molar refractivity (Wildman–Crippen MR) is 112 cm³/mol. The Morgan fingerprint density at radius 3 is 2.48 bits per heavy atom. The maximum absolute atomic E-state index is 5.94. The van der Waals surface area contributed by atoms with Gasteiger partial charge in [-0.3, -0.25) is 0 Å². The van der Waals surface area contributed by atoms with Crippen molar-refractivity contribution >= 4 is 22.5 Å². The first-order chi connectivity index (χ1) is 14.2. The van der Waals surface area contributed by atoms with E-state index in [1.807, 2.05) is 52.9 Å². The van der Waals surface area contributed by atoms with Crippen molar-refractivity contribution < 1.29 is 9.47 Å². The summed E-state index contributed by atoms with van der Waals surface area (Å²) in [6.45, 7) is 5.70. The highest BCUT2D eigenvalue weighted by Crippen LogP contribution is 2.33. The minimum absolute atomic E-state index is 0.119. The second-order valence-electron chi connectivity index (χ2n) is 7.47. The van der Waals surface area contributed by atoms with E-state index in [0.29, 0.717) is 0 Å². The van der Waals surface area contributed by atoms with Crippen LogP contribution in [0.3, 0.4) is 0 Å². The number of rotatable bonds is 3. The van der Waals surface area contributed by atoms with Crippen LogP contribution in [-0.2, 0) is 4.74 Å². The van der Waals surface area contributed by atoms with Gasteiger partial charge in [0.05, 0.1) is 30.4 Å². The molecule has 2 atom stereocenters. The molecule has 4 aromatic rings. The monoisotopic (exact) mass is 389 g/mol. The molecule has 5 rings (SSSR count). The smallest absolute Gasteiger partial charge is 0.213 e. The minimum Gasteiger partial charge on any atom is -0.496 e. The predicted octanol–water partition coefficient (Wildman–Crippen LogP) is 3.57. The number of hydrogen-bond acceptors (Lipinski definition) is 6. The van der Waals surface area contributed by atoms with Crippen molar-refractivity contribution in [2.75, 3.05) is 25.1 Å². The lowest BCUT2D eigenvalue weighted by molar-refractivity contribution is -0.00576. The summed E-state index contributed by atoms with van der Waals surface area (Å²) in [4.78, 5) is 7.29. The van der Waals surface area contributed by atoms with E-state index in [2.05, 4.69) is 28.9 Å². The van der Waals surface area contributed by atoms with E-state index in [1.165, 1.54) is 0 Å². The van der Waals surface area contributed by atoms with Gasteiger partial charge in [-0.25, -0.2) is 9.38 Å². The molecule has 3 heterocycles. The largest absolute Gasteiger partial charge is 0.496 e. The molecule has 7 heteroatoms. The Labute approximate surface area is 168 Å². The lowest BCUT2D eigenvalue weighted by atomic mass is 10.2. The normalized spacial score (nSPS) is 19.8. The number of aromatic nitrogens is 4. The number of anilines is 1. The summed E-state index contributed by atoms with van der Waals surface area (Å²) in [5.74, 6) is 2.30. The summed E-state index contributed by atoms with van der Waals surface area (Å²) < 4.78 is 13.6. The first kappa shape index (κ1) is 17.9. The van der Waals surface area contributed by atoms with E-state index in [4.69, 9.17) is 14.5 Å². The zero-order chi connectivity index (χ0) is 20.0. The van der Waals surface area contributed by atoms with Crippen LogP contribution in [0.1, 0.15) is 13.8 Å². The molecule has 0 amide bonds. The second kappa shape index (κ2) is 7.00. The van der Waals surface area contributed by atoms with E-state index in [0.717, 1.165) is 52.7 Å². The van der Waals surface area contributed by atoms with Gasteiger partial charge in [0.25, 0.3) is 0 Å². The first-order valence-corrected chi connectivity index (χ1v) is 9.83. The van der Waals surface area contributed by atoms with E-state index in [1.54, 1.807) is 7.11 Å². The molecule has 0 aliphatic carbocycles. The molecular weight excluding hydrogens is 366 g/mol. The zero-order valence-corrected chi connectivity index (χ0v) is 16.7. The summed E-state index contributed by atoms with van der Waals surface area (Å²) in [6.07, 6.45) is 0.238. The summed E-state index contributed by atoms with van der Waals surface area (Å²) in [6, 6.07) is 15.9. The topological polar surface area (TPSA) is 64.8 Å². The van der Waals surface area contributed by atoms with E-state index >= 15 is 0 Å². The van der Waals surface area contributed by atoms with Crippen molar-refractivity contribution in [1.29, 1.82) is 0 Å². The Bertz CT molecular complexity index is 1180. The molecule has 1 saturated heterocycles. The maximum atomic E-state index is 5.94. The number of morpholine rings is 1. The molecule has 7 nitrogen and oxygen atoms in total. The fraction of sp³-hybridized carbons (Fsp3) is 0.318. The number of methoxy groups -OCH3 is 1. The van der Waals surface area contributed by atoms with Crippen molar-refractivity contribution in [3.63, 3.8) is 0 Å².